The van der Waals surface area contributed by atoms with Crippen LogP contribution in [0.2, 0.25) is 5.02 Å². The molecule has 0 heterocycles. The molecule has 0 unspecified atom stereocenters. The van der Waals surface area contributed by atoms with E-state index in [-0.39, 0.29) is 5.41 Å². The Morgan fingerprint density at radius 1 is 1.29 bits per heavy atom. The predicted molar refractivity (Wildman–Crippen MR) is 74.0 cm³/mol. The molecule has 0 aromatic heterocycles. The third kappa shape index (κ3) is 3.03. The highest BCUT2D eigenvalue weighted by Crippen LogP contribution is 2.40. The minimum Gasteiger partial charge on any atom is -0.198 e. The molecule has 0 aliphatic heterocycles. The minimum atomic E-state index is -0.185. The molecule has 17 heavy (non-hydrogen) atoms. The van der Waals surface area contributed by atoms with E-state index in [0.29, 0.717) is 0 Å². The van der Waals surface area contributed by atoms with E-state index in [1.807, 2.05) is 18.2 Å². The van der Waals surface area contributed by atoms with Crippen LogP contribution in [0.4, 0.5) is 0 Å². The molecule has 0 saturated heterocycles. The molecule has 1 nitrogen and oxygen atoms in total. The maximum atomic E-state index is 9.45. The van der Waals surface area contributed by atoms with E-state index in [9.17, 15) is 5.26 Å². The van der Waals surface area contributed by atoms with Gasteiger partial charge in [-0.25, -0.2) is 0 Å². The van der Waals surface area contributed by atoms with Gasteiger partial charge in [-0.1, -0.05) is 52.9 Å². The summed E-state index contributed by atoms with van der Waals surface area (Å²) in [5, 5.41) is 10.2. The molecule has 0 radical (unpaired) electrons. The second kappa shape index (κ2) is 5.42. The van der Waals surface area contributed by atoms with Gasteiger partial charge in [-0.15, -0.1) is 0 Å². The lowest BCUT2D eigenvalue weighted by atomic mass is 9.71. The van der Waals surface area contributed by atoms with Gasteiger partial charge in [-0.05, 0) is 37.0 Å². The Balaban J connectivity index is 2.21. The maximum absolute atomic E-state index is 9.45. The molecule has 1 aromatic rings. The summed E-state index contributed by atoms with van der Waals surface area (Å²) in [6.45, 7) is 0. The molecule has 1 fully saturated rings. The van der Waals surface area contributed by atoms with Crippen LogP contribution in [0.25, 0.3) is 0 Å². The minimum absolute atomic E-state index is 0.185. The van der Waals surface area contributed by atoms with Crippen molar-refractivity contribution in [1.29, 1.82) is 5.26 Å². The first kappa shape index (κ1) is 12.9. The second-order valence-corrected chi connectivity index (χ2v) is 6.19. The van der Waals surface area contributed by atoms with E-state index < -0.39 is 0 Å². The molecule has 0 spiro atoms. The Morgan fingerprint density at radius 3 is 2.59 bits per heavy atom. The summed E-state index contributed by atoms with van der Waals surface area (Å²) in [6, 6.07) is 8.47. The summed E-state index contributed by atoms with van der Waals surface area (Å²) in [5.74, 6) is 0. The molecule has 0 amide bonds. The van der Waals surface area contributed by atoms with Gasteiger partial charge in [0.15, 0.2) is 0 Å². The molecule has 1 aliphatic carbocycles. The number of rotatable bonds is 2. The molecule has 0 atom stereocenters. The number of nitrogens with zero attached hydrogens (tertiary/aromatic N) is 1. The summed E-state index contributed by atoms with van der Waals surface area (Å²) in [5.41, 5.74) is 0.911. The highest BCUT2D eigenvalue weighted by molar-refractivity contribution is 9.10. The van der Waals surface area contributed by atoms with Gasteiger partial charge in [0.25, 0.3) is 0 Å². The lowest BCUT2D eigenvalue weighted by Gasteiger charge is -2.31. The van der Waals surface area contributed by atoms with Crippen molar-refractivity contribution < 1.29 is 0 Å². The number of nitriles is 1. The van der Waals surface area contributed by atoms with Crippen molar-refractivity contribution in [2.75, 3.05) is 0 Å². The van der Waals surface area contributed by atoms with Crippen LogP contribution in [0.3, 0.4) is 0 Å². The number of hydrogen-bond donors (Lipinski definition) is 0. The molecule has 0 N–H and O–H groups in total. The van der Waals surface area contributed by atoms with Crippen molar-refractivity contribution in [3.63, 3.8) is 0 Å². The highest BCUT2D eigenvalue weighted by Gasteiger charge is 2.32. The quantitative estimate of drug-likeness (QED) is 0.743. The summed E-state index contributed by atoms with van der Waals surface area (Å²) >= 11 is 9.63. The zero-order valence-corrected chi connectivity index (χ0v) is 12.0. The van der Waals surface area contributed by atoms with Crippen molar-refractivity contribution in [3.8, 4) is 6.07 Å². The fourth-order valence-electron chi connectivity index (χ4n) is 2.59. The summed E-state index contributed by atoms with van der Waals surface area (Å²) in [6.07, 6.45) is 6.41. The van der Waals surface area contributed by atoms with E-state index in [2.05, 4.69) is 22.0 Å². The molecule has 2 rings (SSSR count). The molecule has 3 heteroatoms. The first-order valence-corrected chi connectivity index (χ1v) is 7.17. The Hall–Kier alpha value is -0.520. The van der Waals surface area contributed by atoms with E-state index in [1.54, 1.807) is 0 Å². The average molecular weight is 313 g/mol. The van der Waals surface area contributed by atoms with Gasteiger partial charge in [-0.3, -0.25) is 0 Å². The number of benzene rings is 1. The van der Waals surface area contributed by atoms with Crippen LogP contribution in [0.15, 0.2) is 22.7 Å². The third-order valence-electron chi connectivity index (χ3n) is 3.59. The third-order valence-corrected chi connectivity index (χ3v) is 4.44. The zero-order chi connectivity index (χ0) is 12.3. The Morgan fingerprint density at radius 2 is 2.00 bits per heavy atom. The van der Waals surface area contributed by atoms with E-state index in [0.717, 1.165) is 34.3 Å². The SMILES string of the molecule is N#CC1(Cc2ccc(Br)cc2Cl)CCCCC1. The van der Waals surface area contributed by atoms with Crippen LogP contribution >= 0.6 is 27.5 Å². The van der Waals surface area contributed by atoms with Gasteiger partial charge in [0.2, 0.25) is 0 Å². The fourth-order valence-corrected chi connectivity index (χ4v) is 3.33. The van der Waals surface area contributed by atoms with Gasteiger partial charge in [0.1, 0.15) is 0 Å². The van der Waals surface area contributed by atoms with Crippen LogP contribution in [-0.4, -0.2) is 0 Å². The van der Waals surface area contributed by atoms with Crippen molar-refractivity contribution in [2.45, 2.75) is 38.5 Å². The van der Waals surface area contributed by atoms with E-state index in [4.69, 9.17) is 11.6 Å². The molecule has 90 valence electrons. The monoisotopic (exact) mass is 311 g/mol. The standard InChI is InChI=1S/C14H15BrClN/c15-12-5-4-11(13(16)8-12)9-14(10-17)6-2-1-3-7-14/h4-5,8H,1-3,6-7,9H2. The summed E-state index contributed by atoms with van der Waals surface area (Å²) < 4.78 is 0.987. The van der Waals surface area contributed by atoms with E-state index >= 15 is 0 Å². The van der Waals surface area contributed by atoms with E-state index in [1.165, 1.54) is 19.3 Å². The van der Waals surface area contributed by atoms with Crippen LogP contribution in [0.5, 0.6) is 0 Å². The molecule has 1 aromatic carbocycles. The van der Waals surface area contributed by atoms with Crippen LogP contribution in [-0.2, 0) is 6.42 Å². The predicted octanol–water partition coefficient (Wildman–Crippen LogP) is 5.12. The largest absolute Gasteiger partial charge is 0.198 e. The van der Waals surface area contributed by atoms with Gasteiger partial charge in [0.05, 0.1) is 11.5 Å². The topological polar surface area (TPSA) is 23.8 Å². The molecule has 1 aliphatic rings. The summed E-state index contributed by atoms with van der Waals surface area (Å²) in [4.78, 5) is 0. The second-order valence-electron chi connectivity index (χ2n) is 4.87. The molecule has 0 bridgehead atoms. The molecular formula is C14H15BrClN. The average Bonchev–Trinajstić information content (AvgIpc) is 2.34. The van der Waals surface area contributed by atoms with Crippen LogP contribution in [0.1, 0.15) is 37.7 Å². The number of hydrogen-bond acceptors (Lipinski definition) is 1. The summed E-state index contributed by atoms with van der Waals surface area (Å²) in [7, 11) is 0. The van der Waals surface area contributed by atoms with Gasteiger partial charge < -0.3 is 0 Å². The molecular weight excluding hydrogens is 298 g/mol. The van der Waals surface area contributed by atoms with Gasteiger partial charge in [-0.2, -0.15) is 5.26 Å². The lowest BCUT2D eigenvalue weighted by Crippen LogP contribution is -2.24. The smallest absolute Gasteiger partial charge is 0.0693 e. The Kier molecular flexibility index (Phi) is 4.12. The maximum Gasteiger partial charge on any atom is 0.0693 e. The van der Waals surface area contributed by atoms with Gasteiger partial charge in [0, 0.05) is 9.50 Å². The molecule has 1 saturated carbocycles. The zero-order valence-electron chi connectivity index (χ0n) is 9.68. The fraction of sp³-hybridized carbons (Fsp3) is 0.500. The van der Waals surface area contributed by atoms with Crippen molar-refractivity contribution in [2.24, 2.45) is 5.41 Å². The lowest BCUT2D eigenvalue weighted by molar-refractivity contribution is 0.266. The van der Waals surface area contributed by atoms with Crippen molar-refractivity contribution in [3.05, 3.63) is 33.3 Å². The Bertz CT molecular complexity index is 444. The van der Waals surface area contributed by atoms with Gasteiger partial charge >= 0.3 is 0 Å². The normalized spacial score (nSPS) is 18.6. The first-order chi connectivity index (χ1) is 8.15. The Labute approximate surface area is 116 Å². The van der Waals surface area contributed by atoms with Crippen molar-refractivity contribution >= 4 is 27.5 Å². The van der Waals surface area contributed by atoms with Crippen molar-refractivity contribution in [1.82, 2.24) is 0 Å². The number of halogens is 2. The van der Waals surface area contributed by atoms with Crippen LogP contribution in [0, 0.1) is 16.7 Å². The highest BCUT2D eigenvalue weighted by atomic mass is 79.9. The van der Waals surface area contributed by atoms with Crippen LogP contribution < -0.4 is 0 Å². The first-order valence-electron chi connectivity index (χ1n) is 6.00.